The van der Waals surface area contributed by atoms with E-state index >= 15 is 0 Å². The van der Waals surface area contributed by atoms with E-state index in [0.29, 0.717) is 11.4 Å². The molecule has 246 valence electrons. The van der Waals surface area contributed by atoms with Gasteiger partial charge in [0.1, 0.15) is 28.0 Å². The third kappa shape index (κ3) is 4.07. The second kappa shape index (κ2) is 10.6. The van der Waals surface area contributed by atoms with E-state index in [9.17, 15) is 0 Å². The van der Waals surface area contributed by atoms with Gasteiger partial charge in [0.05, 0.1) is 11.0 Å². The largest absolute Gasteiger partial charge is 0.456 e. The van der Waals surface area contributed by atoms with E-state index in [0.717, 1.165) is 71.8 Å². The van der Waals surface area contributed by atoms with Gasteiger partial charge >= 0.3 is 0 Å². The van der Waals surface area contributed by atoms with Crippen molar-refractivity contribution in [2.24, 2.45) is 0 Å². The Morgan fingerprint density at radius 3 is 2.11 bits per heavy atom. The van der Waals surface area contributed by atoms with E-state index in [1.54, 1.807) is 0 Å². The molecule has 0 spiro atoms. The van der Waals surface area contributed by atoms with Crippen molar-refractivity contribution in [2.75, 3.05) is 0 Å². The fourth-order valence-electron chi connectivity index (χ4n) is 8.38. The Balaban J connectivity index is 1.10. The average molecular weight is 678 g/mol. The van der Waals surface area contributed by atoms with Crippen LogP contribution in [0.2, 0.25) is 0 Å². The lowest BCUT2D eigenvalue weighted by Crippen LogP contribution is -1.95. The fraction of sp³-hybridized carbons (Fsp3) is 0. The van der Waals surface area contributed by atoms with Crippen LogP contribution in [0.15, 0.2) is 173 Å². The summed E-state index contributed by atoms with van der Waals surface area (Å²) in [5.74, 6) is 0.624. The number of furan rings is 2. The fourth-order valence-corrected chi connectivity index (χ4v) is 8.38. The molecule has 12 aromatic rings. The van der Waals surface area contributed by atoms with Crippen molar-refractivity contribution in [1.29, 1.82) is 0 Å². The van der Waals surface area contributed by atoms with Crippen LogP contribution in [0, 0.1) is 0 Å². The van der Waals surface area contributed by atoms with Crippen molar-refractivity contribution in [3.8, 4) is 28.3 Å². The van der Waals surface area contributed by atoms with Crippen LogP contribution in [0.5, 0.6) is 0 Å². The van der Waals surface area contributed by atoms with Crippen molar-refractivity contribution in [1.82, 2.24) is 14.5 Å². The molecule has 4 aromatic heterocycles. The van der Waals surface area contributed by atoms with Gasteiger partial charge in [0.2, 0.25) is 0 Å². The first-order valence-electron chi connectivity index (χ1n) is 17.8. The molecule has 8 aromatic carbocycles. The number of rotatable bonds is 3. The third-order valence-electron chi connectivity index (χ3n) is 10.8. The molecule has 4 heterocycles. The lowest BCUT2D eigenvalue weighted by Gasteiger charge is -2.10. The summed E-state index contributed by atoms with van der Waals surface area (Å²) in [7, 11) is 0. The zero-order chi connectivity index (χ0) is 34.6. The highest BCUT2D eigenvalue weighted by Crippen LogP contribution is 2.42. The summed E-state index contributed by atoms with van der Waals surface area (Å²) in [5, 5.41) is 10.2. The maximum atomic E-state index is 6.68. The molecule has 53 heavy (non-hydrogen) atoms. The first-order valence-corrected chi connectivity index (χ1v) is 17.8. The van der Waals surface area contributed by atoms with Gasteiger partial charge in [0, 0.05) is 55.2 Å². The van der Waals surface area contributed by atoms with Gasteiger partial charge in [-0.3, -0.25) is 0 Å². The molecular weight excluding hydrogens is 651 g/mol. The van der Waals surface area contributed by atoms with Crippen LogP contribution in [0.25, 0.3) is 116 Å². The Kier molecular flexibility index (Phi) is 5.71. The van der Waals surface area contributed by atoms with Crippen molar-refractivity contribution >= 4 is 87.4 Å². The Labute approximate surface area is 302 Å². The SMILES string of the molecule is c1ccc2cc(-c3nc(-c4cccc5oc6cc(-n7c8ccccc8c8ccc9ccccc9c87)ccc6c45)nc4c3oc3ccccc34)ccc2c1. The Bertz CT molecular complexity index is 3480. The van der Waals surface area contributed by atoms with E-state index in [4.69, 9.17) is 18.8 Å². The third-order valence-corrected chi connectivity index (χ3v) is 10.8. The number of benzene rings is 8. The van der Waals surface area contributed by atoms with Crippen molar-refractivity contribution in [3.05, 3.63) is 164 Å². The smallest absolute Gasteiger partial charge is 0.180 e. The Hall–Kier alpha value is -7.24. The molecule has 0 fully saturated rings. The van der Waals surface area contributed by atoms with Crippen molar-refractivity contribution < 1.29 is 8.83 Å². The van der Waals surface area contributed by atoms with Gasteiger partial charge < -0.3 is 13.4 Å². The highest BCUT2D eigenvalue weighted by Gasteiger charge is 2.22. The summed E-state index contributed by atoms with van der Waals surface area (Å²) in [6, 6.07) is 57.3. The molecule has 0 aliphatic rings. The molecule has 0 N–H and O–H groups in total. The molecule has 5 nitrogen and oxygen atoms in total. The summed E-state index contributed by atoms with van der Waals surface area (Å²) in [4.78, 5) is 10.5. The van der Waals surface area contributed by atoms with E-state index in [1.165, 1.54) is 32.4 Å². The summed E-state index contributed by atoms with van der Waals surface area (Å²) in [6.07, 6.45) is 0. The van der Waals surface area contributed by atoms with Crippen LogP contribution < -0.4 is 0 Å². The minimum atomic E-state index is 0.624. The Morgan fingerprint density at radius 2 is 1.19 bits per heavy atom. The molecule has 0 saturated heterocycles. The standard InChI is InChI=1S/C48H27N3O2/c1-2-12-30-26-31(21-20-28(30)10-1)44-47-45(37-15-6-8-18-40(37)53-47)50-48(49-44)38-16-9-19-41-43(38)36-25-23-32(27-42(36)52-41)51-39-17-7-5-14-34(39)35-24-22-29-11-3-4-13-33(29)46(35)51/h1-27H. The van der Waals surface area contributed by atoms with Crippen LogP contribution in [0.1, 0.15) is 0 Å². The molecule has 0 saturated carbocycles. The van der Waals surface area contributed by atoms with Gasteiger partial charge in [-0.1, -0.05) is 115 Å². The van der Waals surface area contributed by atoms with Gasteiger partial charge in [-0.25, -0.2) is 9.97 Å². The first-order chi connectivity index (χ1) is 26.3. The highest BCUT2D eigenvalue weighted by molar-refractivity contribution is 6.19. The lowest BCUT2D eigenvalue weighted by atomic mass is 10.0. The number of aromatic nitrogens is 3. The normalized spacial score (nSPS) is 12.2. The van der Waals surface area contributed by atoms with Gasteiger partial charge in [-0.15, -0.1) is 0 Å². The molecule has 0 aliphatic carbocycles. The van der Waals surface area contributed by atoms with Crippen LogP contribution in [0.3, 0.4) is 0 Å². The zero-order valence-corrected chi connectivity index (χ0v) is 28.2. The lowest BCUT2D eigenvalue weighted by molar-refractivity contribution is 0.667. The minimum absolute atomic E-state index is 0.624. The van der Waals surface area contributed by atoms with Crippen LogP contribution >= 0.6 is 0 Å². The molecule has 0 unspecified atom stereocenters. The summed E-state index contributed by atoms with van der Waals surface area (Å²) < 4.78 is 15.5. The number of hydrogen-bond donors (Lipinski definition) is 0. The zero-order valence-electron chi connectivity index (χ0n) is 28.2. The van der Waals surface area contributed by atoms with E-state index in [2.05, 4.69) is 138 Å². The number of para-hydroxylation sites is 2. The molecule has 0 atom stereocenters. The van der Waals surface area contributed by atoms with E-state index < -0.39 is 0 Å². The first kappa shape index (κ1) is 28.5. The van der Waals surface area contributed by atoms with E-state index in [1.807, 2.05) is 30.3 Å². The molecule has 12 rings (SSSR count). The second-order valence-corrected chi connectivity index (χ2v) is 13.7. The van der Waals surface area contributed by atoms with Gasteiger partial charge in [-0.2, -0.15) is 0 Å². The quantitative estimate of drug-likeness (QED) is 0.187. The predicted octanol–water partition coefficient (Wildman–Crippen LogP) is 13.0. The number of nitrogens with zero attached hydrogens (tertiary/aromatic N) is 3. The second-order valence-electron chi connectivity index (χ2n) is 13.7. The number of fused-ring (bicyclic) bond motifs is 12. The summed E-state index contributed by atoms with van der Waals surface area (Å²) in [5.41, 5.74) is 9.89. The molecule has 0 bridgehead atoms. The van der Waals surface area contributed by atoms with Crippen molar-refractivity contribution in [2.45, 2.75) is 0 Å². The minimum Gasteiger partial charge on any atom is -0.456 e. The highest BCUT2D eigenvalue weighted by atomic mass is 16.3. The molecular formula is C48H27N3O2. The van der Waals surface area contributed by atoms with E-state index in [-0.39, 0.29) is 0 Å². The van der Waals surface area contributed by atoms with Crippen LogP contribution in [-0.4, -0.2) is 14.5 Å². The molecule has 0 aliphatic heterocycles. The van der Waals surface area contributed by atoms with Crippen molar-refractivity contribution in [3.63, 3.8) is 0 Å². The molecule has 0 amide bonds. The van der Waals surface area contributed by atoms with Gasteiger partial charge in [0.15, 0.2) is 11.4 Å². The topological polar surface area (TPSA) is 57.0 Å². The van der Waals surface area contributed by atoms with Gasteiger partial charge in [-0.05, 0) is 58.6 Å². The summed E-state index contributed by atoms with van der Waals surface area (Å²) in [6.45, 7) is 0. The average Bonchev–Trinajstić information content (AvgIpc) is 3.89. The van der Waals surface area contributed by atoms with Crippen LogP contribution in [0.4, 0.5) is 0 Å². The summed E-state index contributed by atoms with van der Waals surface area (Å²) >= 11 is 0. The molecule has 0 radical (unpaired) electrons. The molecule has 5 heteroatoms. The maximum absolute atomic E-state index is 6.68. The maximum Gasteiger partial charge on any atom is 0.180 e. The monoisotopic (exact) mass is 677 g/mol. The van der Waals surface area contributed by atoms with Crippen LogP contribution in [-0.2, 0) is 0 Å². The van der Waals surface area contributed by atoms with Gasteiger partial charge in [0.25, 0.3) is 0 Å². The Morgan fingerprint density at radius 1 is 0.453 bits per heavy atom. The number of hydrogen-bond acceptors (Lipinski definition) is 4. The predicted molar refractivity (Wildman–Crippen MR) is 217 cm³/mol.